The average Bonchev–Trinajstić information content (AvgIpc) is 3.92. The highest BCUT2D eigenvalue weighted by atomic mass is 35.5. The predicted octanol–water partition coefficient (Wildman–Crippen LogP) is 8.94. The van der Waals surface area contributed by atoms with Crippen LogP contribution in [0.5, 0.6) is 0 Å². The van der Waals surface area contributed by atoms with Gasteiger partial charge in [-0.1, -0.05) is 140 Å². The minimum Gasteiger partial charge on any atom is -0.464 e. The number of esters is 1. The molecule has 0 fully saturated rings. The van der Waals surface area contributed by atoms with Crippen LogP contribution in [-0.2, 0) is 23.2 Å². The summed E-state index contributed by atoms with van der Waals surface area (Å²) in [4.78, 5) is 19.1. The molecule has 3 aromatic heterocycles. The number of carbonyl (C=O) groups excluding carboxylic acids is 1. The first-order chi connectivity index (χ1) is 24.6. The molecule has 0 amide bonds. The molecule has 0 aliphatic rings. The highest BCUT2D eigenvalue weighted by molar-refractivity contribution is 7.15. The van der Waals surface area contributed by atoms with Crippen molar-refractivity contribution in [1.82, 2.24) is 29.8 Å². The van der Waals surface area contributed by atoms with Crippen LogP contribution in [0.15, 0.2) is 127 Å². The van der Waals surface area contributed by atoms with Crippen LogP contribution in [0.25, 0.3) is 21.8 Å². The summed E-state index contributed by atoms with van der Waals surface area (Å²) in [7, 11) is 1.34. The SMILES string of the molecule is CCCCc1nc(C(=O)OC)c(Cl)n1Cc1ccc(-c2ccccc2-c2nnnn2C(c2ccccc2)(c2ccccc2)c2ccccc2)s1. The fraction of sp³-hybridized carbons (Fsp3) is 0.175. The van der Waals surface area contributed by atoms with Crippen molar-refractivity contribution >= 4 is 28.9 Å². The Morgan fingerprint density at radius 3 is 1.96 bits per heavy atom. The van der Waals surface area contributed by atoms with E-state index in [9.17, 15) is 4.79 Å². The highest BCUT2D eigenvalue weighted by Crippen LogP contribution is 2.44. The number of methoxy groups -OCH3 is 1. The normalized spacial score (nSPS) is 11.5. The minimum absolute atomic E-state index is 0.146. The largest absolute Gasteiger partial charge is 0.464 e. The van der Waals surface area contributed by atoms with E-state index in [1.165, 1.54) is 7.11 Å². The number of tetrazole rings is 1. The molecule has 250 valence electrons. The molecule has 0 radical (unpaired) electrons. The highest BCUT2D eigenvalue weighted by Gasteiger charge is 2.42. The quantitative estimate of drug-likeness (QED) is 0.0936. The molecule has 0 aliphatic carbocycles. The molecule has 0 N–H and O–H groups in total. The number of thiophene rings is 1. The smallest absolute Gasteiger partial charge is 0.359 e. The molecule has 8 nitrogen and oxygen atoms in total. The van der Waals surface area contributed by atoms with Crippen LogP contribution in [0.4, 0.5) is 0 Å². The summed E-state index contributed by atoms with van der Waals surface area (Å²) in [6.07, 6.45) is 2.64. The van der Waals surface area contributed by atoms with Gasteiger partial charge in [-0.15, -0.1) is 16.4 Å². The van der Waals surface area contributed by atoms with Gasteiger partial charge in [-0.25, -0.2) is 14.5 Å². The van der Waals surface area contributed by atoms with Crippen LogP contribution in [0.3, 0.4) is 0 Å². The molecular formula is C40H35ClN6O2S. The van der Waals surface area contributed by atoms with E-state index in [2.05, 4.69) is 114 Å². The predicted molar refractivity (Wildman–Crippen MR) is 197 cm³/mol. The van der Waals surface area contributed by atoms with Crippen LogP contribution in [0.2, 0.25) is 5.15 Å². The molecule has 7 rings (SSSR count). The minimum atomic E-state index is -0.874. The van der Waals surface area contributed by atoms with E-state index in [1.807, 2.05) is 39.6 Å². The fourth-order valence-corrected chi connectivity index (χ4v) is 7.84. The van der Waals surface area contributed by atoms with E-state index < -0.39 is 11.5 Å². The Hall–Kier alpha value is -5.38. The molecule has 0 atom stereocenters. The number of rotatable bonds is 12. The lowest BCUT2D eigenvalue weighted by Crippen LogP contribution is -2.39. The molecule has 0 aliphatic heterocycles. The number of nitrogens with zero attached hydrogens (tertiary/aromatic N) is 6. The van der Waals surface area contributed by atoms with Gasteiger partial charge in [0.2, 0.25) is 0 Å². The lowest BCUT2D eigenvalue weighted by atomic mass is 9.77. The Bertz CT molecular complexity index is 2120. The van der Waals surface area contributed by atoms with Crippen LogP contribution < -0.4 is 0 Å². The summed E-state index contributed by atoms with van der Waals surface area (Å²) in [5, 5.41) is 14.1. The Balaban J connectivity index is 1.35. The molecule has 3 heterocycles. The molecule has 0 bridgehead atoms. The Kier molecular flexibility index (Phi) is 9.69. The monoisotopic (exact) mass is 698 g/mol. The molecule has 0 saturated carbocycles. The van der Waals surface area contributed by atoms with Gasteiger partial charge < -0.3 is 9.30 Å². The summed E-state index contributed by atoms with van der Waals surface area (Å²) in [5.74, 6) is 0.864. The lowest BCUT2D eigenvalue weighted by molar-refractivity contribution is 0.0594. The number of hydrogen-bond donors (Lipinski definition) is 0. The van der Waals surface area contributed by atoms with Crippen molar-refractivity contribution in [3.8, 4) is 21.8 Å². The summed E-state index contributed by atoms with van der Waals surface area (Å²) in [6, 6.07) is 43.6. The van der Waals surface area contributed by atoms with E-state index in [-0.39, 0.29) is 10.8 Å². The molecule has 50 heavy (non-hydrogen) atoms. The molecule has 4 aromatic carbocycles. The van der Waals surface area contributed by atoms with Gasteiger partial charge in [-0.2, -0.15) is 0 Å². The van der Waals surface area contributed by atoms with Crippen LogP contribution >= 0.6 is 22.9 Å². The zero-order valence-corrected chi connectivity index (χ0v) is 29.3. The first-order valence-electron chi connectivity index (χ1n) is 16.5. The van der Waals surface area contributed by atoms with Gasteiger partial charge in [0.25, 0.3) is 0 Å². The molecule has 10 heteroatoms. The summed E-state index contributed by atoms with van der Waals surface area (Å²) in [5.41, 5.74) is 4.27. The van der Waals surface area contributed by atoms with E-state index in [4.69, 9.17) is 26.6 Å². The van der Waals surface area contributed by atoms with Gasteiger partial charge in [0, 0.05) is 27.3 Å². The molecule has 0 saturated heterocycles. The summed E-state index contributed by atoms with van der Waals surface area (Å²) >= 11 is 8.40. The number of imidazole rings is 1. The van der Waals surface area contributed by atoms with E-state index in [0.29, 0.717) is 18.8 Å². The van der Waals surface area contributed by atoms with E-state index in [1.54, 1.807) is 11.3 Å². The molecule has 7 aromatic rings. The third-order valence-electron chi connectivity index (χ3n) is 8.89. The van der Waals surface area contributed by atoms with Crippen molar-refractivity contribution in [2.24, 2.45) is 0 Å². The van der Waals surface area contributed by atoms with Crippen molar-refractivity contribution < 1.29 is 9.53 Å². The van der Waals surface area contributed by atoms with Crippen molar-refractivity contribution in [3.63, 3.8) is 0 Å². The number of aryl methyl sites for hydroxylation is 1. The summed E-state index contributed by atoms with van der Waals surface area (Å²) < 4.78 is 8.83. The number of halogens is 1. The third-order valence-corrected chi connectivity index (χ3v) is 10.4. The molecular weight excluding hydrogens is 664 g/mol. The average molecular weight is 699 g/mol. The van der Waals surface area contributed by atoms with Crippen molar-refractivity contribution in [3.05, 3.63) is 166 Å². The second-order valence-corrected chi connectivity index (χ2v) is 13.4. The third kappa shape index (κ3) is 6.03. The fourth-order valence-electron chi connectivity index (χ4n) is 6.53. The topological polar surface area (TPSA) is 87.7 Å². The van der Waals surface area contributed by atoms with Gasteiger partial charge in [-0.3, -0.25) is 0 Å². The number of carbonyl (C=O) groups is 1. The zero-order valence-electron chi connectivity index (χ0n) is 27.7. The summed E-state index contributed by atoms with van der Waals surface area (Å²) in [6.45, 7) is 2.60. The van der Waals surface area contributed by atoms with Crippen LogP contribution in [0, 0.1) is 0 Å². The maximum absolute atomic E-state index is 12.4. The maximum atomic E-state index is 12.4. The van der Waals surface area contributed by atoms with Crippen molar-refractivity contribution in [2.45, 2.75) is 38.3 Å². The number of hydrogen-bond acceptors (Lipinski definition) is 7. The number of benzene rings is 4. The Labute approximate surface area is 300 Å². The second kappa shape index (κ2) is 14.6. The number of ether oxygens (including phenoxy) is 1. The van der Waals surface area contributed by atoms with Crippen LogP contribution in [0.1, 0.15) is 57.6 Å². The number of unbranched alkanes of at least 4 members (excludes halogenated alkanes) is 1. The standard InChI is InChI=1S/C40H35ClN6O2S/c1-3-4-24-35-42-36(39(48)49-2)37(41)46(35)27-31-25-26-34(50-31)32-22-14-15-23-33(32)38-43-44-45-47(38)40(28-16-8-5-9-17-28,29-18-10-6-11-19-29)30-20-12-7-13-21-30/h5-23,25-26H,3-4,24,27H2,1-2H3. The van der Waals surface area contributed by atoms with Gasteiger partial charge in [0.1, 0.15) is 16.5 Å². The molecule has 0 unspecified atom stereocenters. The molecule has 0 spiro atoms. The van der Waals surface area contributed by atoms with Crippen molar-refractivity contribution in [2.75, 3.05) is 7.11 Å². The lowest BCUT2D eigenvalue weighted by Gasteiger charge is -2.36. The Morgan fingerprint density at radius 2 is 1.38 bits per heavy atom. The van der Waals surface area contributed by atoms with Crippen molar-refractivity contribution in [1.29, 1.82) is 0 Å². The zero-order chi connectivity index (χ0) is 34.5. The number of aromatic nitrogens is 6. The van der Waals surface area contributed by atoms with E-state index in [0.717, 1.165) is 56.2 Å². The first kappa shape index (κ1) is 33.1. The van der Waals surface area contributed by atoms with Gasteiger partial charge >= 0.3 is 5.97 Å². The van der Waals surface area contributed by atoms with E-state index >= 15 is 0 Å². The second-order valence-electron chi connectivity index (χ2n) is 11.9. The maximum Gasteiger partial charge on any atom is 0.359 e. The van der Waals surface area contributed by atoms with Gasteiger partial charge in [0.15, 0.2) is 11.5 Å². The Morgan fingerprint density at radius 1 is 0.800 bits per heavy atom. The first-order valence-corrected chi connectivity index (χ1v) is 17.7. The van der Waals surface area contributed by atoms with Gasteiger partial charge in [-0.05, 0) is 45.7 Å². The van der Waals surface area contributed by atoms with Crippen LogP contribution in [-0.4, -0.2) is 42.8 Å². The van der Waals surface area contributed by atoms with Gasteiger partial charge in [0.05, 0.1) is 13.7 Å².